The molecule has 1 saturated heterocycles. The SMILES string of the molecule is CC[C@]1(c2ccc(OC)cc2)NC(=O)N(CC(=O)NC(=O)NC2CCCCC2)C1=O. The molecule has 1 aromatic carbocycles. The summed E-state index contributed by atoms with van der Waals surface area (Å²) in [6, 6.07) is 5.61. The Morgan fingerprint density at radius 2 is 1.83 bits per heavy atom. The first kappa shape index (κ1) is 21.6. The van der Waals surface area contributed by atoms with Gasteiger partial charge in [-0.1, -0.05) is 38.3 Å². The number of ether oxygens (including phenoxy) is 1. The summed E-state index contributed by atoms with van der Waals surface area (Å²) in [5, 5.41) is 7.70. The summed E-state index contributed by atoms with van der Waals surface area (Å²) in [6.07, 6.45) is 5.32. The second-order valence-corrected chi connectivity index (χ2v) is 7.67. The van der Waals surface area contributed by atoms with Crippen LogP contribution in [-0.2, 0) is 15.1 Å². The number of hydrogen-bond donors (Lipinski definition) is 3. The van der Waals surface area contributed by atoms with Crippen LogP contribution in [0.1, 0.15) is 51.0 Å². The van der Waals surface area contributed by atoms with Gasteiger partial charge >= 0.3 is 12.1 Å². The first-order valence-corrected chi connectivity index (χ1v) is 10.3. The van der Waals surface area contributed by atoms with Crippen LogP contribution in [0, 0.1) is 0 Å². The van der Waals surface area contributed by atoms with Gasteiger partial charge in [0.2, 0.25) is 5.91 Å². The van der Waals surface area contributed by atoms with Crippen LogP contribution >= 0.6 is 0 Å². The van der Waals surface area contributed by atoms with Crippen molar-refractivity contribution in [2.75, 3.05) is 13.7 Å². The van der Waals surface area contributed by atoms with E-state index in [0.29, 0.717) is 17.7 Å². The Hall–Kier alpha value is -3.10. The smallest absolute Gasteiger partial charge is 0.325 e. The second-order valence-electron chi connectivity index (χ2n) is 7.67. The maximum Gasteiger partial charge on any atom is 0.325 e. The number of rotatable bonds is 6. The molecule has 1 atom stereocenters. The molecular formula is C21H28N4O5. The van der Waals surface area contributed by atoms with Gasteiger partial charge in [0.25, 0.3) is 5.91 Å². The van der Waals surface area contributed by atoms with Crippen LogP contribution < -0.4 is 20.7 Å². The van der Waals surface area contributed by atoms with Gasteiger partial charge in [-0.3, -0.25) is 19.8 Å². The van der Waals surface area contributed by atoms with Gasteiger partial charge in [-0.2, -0.15) is 0 Å². The van der Waals surface area contributed by atoms with Gasteiger partial charge in [0.1, 0.15) is 17.8 Å². The topological polar surface area (TPSA) is 117 Å². The number of methoxy groups -OCH3 is 1. The van der Waals surface area contributed by atoms with E-state index in [9.17, 15) is 19.2 Å². The van der Waals surface area contributed by atoms with Gasteiger partial charge in [-0.05, 0) is 37.0 Å². The molecule has 1 aliphatic carbocycles. The van der Waals surface area contributed by atoms with Gasteiger partial charge in [0, 0.05) is 6.04 Å². The van der Waals surface area contributed by atoms with Crippen molar-refractivity contribution in [3.05, 3.63) is 29.8 Å². The van der Waals surface area contributed by atoms with Crippen LogP contribution in [0.3, 0.4) is 0 Å². The molecule has 9 heteroatoms. The third kappa shape index (κ3) is 4.39. The molecule has 30 heavy (non-hydrogen) atoms. The van der Waals surface area contributed by atoms with E-state index in [4.69, 9.17) is 4.74 Å². The molecule has 1 aliphatic heterocycles. The molecule has 1 aromatic rings. The number of hydrogen-bond acceptors (Lipinski definition) is 5. The summed E-state index contributed by atoms with van der Waals surface area (Å²) in [7, 11) is 1.54. The molecule has 0 bridgehead atoms. The fourth-order valence-corrected chi connectivity index (χ4v) is 4.06. The number of carbonyl (C=O) groups excluding carboxylic acids is 4. The molecule has 2 fully saturated rings. The number of carbonyl (C=O) groups is 4. The zero-order chi connectivity index (χ0) is 21.7. The lowest BCUT2D eigenvalue weighted by Gasteiger charge is -2.26. The summed E-state index contributed by atoms with van der Waals surface area (Å²) < 4.78 is 5.14. The van der Waals surface area contributed by atoms with Crippen molar-refractivity contribution in [1.82, 2.24) is 20.9 Å². The third-order valence-corrected chi connectivity index (χ3v) is 5.78. The third-order valence-electron chi connectivity index (χ3n) is 5.78. The lowest BCUT2D eigenvalue weighted by molar-refractivity contribution is -0.135. The van der Waals surface area contributed by atoms with Crippen LogP contribution in [0.2, 0.25) is 0 Å². The Morgan fingerprint density at radius 3 is 2.43 bits per heavy atom. The quantitative estimate of drug-likeness (QED) is 0.614. The Morgan fingerprint density at radius 1 is 1.17 bits per heavy atom. The molecule has 2 aliphatic rings. The lowest BCUT2D eigenvalue weighted by Crippen LogP contribution is -2.49. The van der Waals surface area contributed by atoms with Gasteiger partial charge in [-0.25, -0.2) is 9.59 Å². The number of nitrogens with zero attached hydrogens (tertiary/aromatic N) is 1. The van der Waals surface area contributed by atoms with Crippen molar-refractivity contribution < 1.29 is 23.9 Å². The molecule has 1 saturated carbocycles. The van der Waals surface area contributed by atoms with E-state index in [1.165, 1.54) is 7.11 Å². The summed E-state index contributed by atoms with van der Waals surface area (Å²) in [4.78, 5) is 50.8. The highest BCUT2D eigenvalue weighted by Crippen LogP contribution is 2.33. The Balaban J connectivity index is 1.64. The minimum Gasteiger partial charge on any atom is -0.497 e. The highest BCUT2D eigenvalue weighted by Gasteiger charge is 2.51. The predicted octanol–water partition coefficient (Wildman–Crippen LogP) is 2.01. The largest absolute Gasteiger partial charge is 0.497 e. The summed E-state index contributed by atoms with van der Waals surface area (Å²) >= 11 is 0. The molecule has 0 radical (unpaired) electrons. The fourth-order valence-electron chi connectivity index (χ4n) is 4.06. The average Bonchev–Trinajstić information content (AvgIpc) is 2.99. The van der Waals surface area contributed by atoms with E-state index in [1.807, 2.05) is 0 Å². The molecule has 3 rings (SSSR count). The highest BCUT2D eigenvalue weighted by atomic mass is 16.5. The van der Waals surface area contributed by atoms with Crippen molar-refractivity contribution >= 4 is 23.9 Å². The van der Waals surface area contributed by atoms with Crippen molar-refractivity contribution in [2.45, 2.75) is 57.0 Å². The first-order valence-electron chi connectivity index (χ1n) is 10.3. The number of amides is 6. The first-order chi connectivity index (χ1) is 14.4. The summed E-state index contributed by atoms with van der Waals surface area (Å²) in [6.45, 7) is 1.25. The van der Waals surface area contributed by atoms with Gasteiger partial charge in [-0.15, -0.1) is 0 Å². The molecule has 162 valence electrons. The Bertz CT molecular complexity index is 819. The summed E-state index contributed by atoms with van der Waals surface area (Å²) in [5.41, 5.74) is -0.657. The zero-order valence-electron chi connectivity index (χ0n) is 17.3. The lowest BCUT2D eigenvalue weighted by atomic mass is 9.87. The molecule has 6 amide bonds. The van der Waals surface area contributed by atoms with E-state index in [1.54, 1.807) is 31.2 Å². The monoisotopic (exact) mass is 416 g/mol. The zero-order valence-corrected chi connectivity index (χ0v) is 17.3. The Labute approximate surface area is 175 Å². The van der Waals surface area contributed by atoms with Crippen molar-refractivity contribution in [2.24, 2.45) is 0 Å². The Kier molecular flexibility index (Phi) is 6.59. The van der Waals surface area contributed by atoms with Gasteiger partial charge < -0.3 is 15.4 Å². The summed E-state index contributed by atoms with van der Waals surface area (Å²) in [5.74, 6) is -0.613. The van der Waals surface area contributed by atoms with E-state index in [0.717, 1.165) is 37.0 Å². The average molecular weight is 416 g/mol. The van der Waals surface area contributed by atoms with Crippen LogP contribution in [0.15, 0.2) is 24.3 Å². The van der Waals surface area contributed by atoms with Gasteiger partial charge in [0.05, 0.1) is 7.11 Å². The molecule has 1 heterocycles. The fraction of sp³-hybridized carbons (Fsp3) is 0.524. The molecule has 0 aromatic heterocycles. The maximum absolute atomic E-state index is 13.1. The molecule has 0 spiro atoms. The van der Waals surface area contributed by atoms with E-state index >= 15 is 0 Å². The van der Waals surface area contributed by atoms with E-state index < -0.39 is 36.0 Å². The van der Waals surface area contributed by atoms with E-state index in [-0.39, 0.29) is 6.04 Å². The van der Waals surface area contributed by atoms with Crippen molar-refractivity contribution in [1.29, 1.82) is 0 Å². The van der Waals surface area contributed by atoms with Crippen LogP contribution in [0.5, 0.6) is 5.75 Å². The maximum atomic E-state index is 13.1. The van der Waals surface area contributed by atoms with E-state index in [2.05, 4.69) is 16.0 Å². The predicted molar refractivity (Wildman–Crippen MR) is 109 cm³/mol. The molecule has 3 N–H and O–H groups in total. The van der Waals surface area contributed by atoms with Crippen LogP contribution in [0.25, 0.3) is 0 Å². The second kappa shape index (κ2) is 9.15. The molecular weight excluding hydrogens is 388 g/mol. The highest BCUT2D eigenvalue weighted by molar-refractivity contribution is 6.10. The number of urea groups is 2. The number of benzene rings is 1. The minimum absolute atomic E-state index is 0.0473. The molecule has 9 nitrogen and oxygen atoms in total. The standard InChI is InChI=1S/C21H28N4O5/c1-3-21(14-9-11-16(30-2)12-10-14)18(27)25(20(29)24-21)13-17(26)23-19(28)22-15-7-5-4-6-8-15/h9-12,15H,3-8,13H2,1-2H3,(H,24,29)(H2,22,23,26,28)/t21-/m1/s1. The number of imide groups is 2. The normalized spacial score (nSPS) is 21.9. The number of nitrogens with one attached hydrogen (secondary N) is 3. The minimum atomic E-state index is -1.26. The van der Waals surface area contributed by atoms with Crippen molar-refractivity contribution in [3.8, 4) is 5.75 Å². The molecule has 0 unspecified atom stereocenters. The van der Waals surface area contributed by atoms with Crippen molar-refractivity contribution in [3.63, 3.8) is 0 Å². The van der Waals surface area contributed by atoms with Gasteiger partial charge in [0.15, 0.2) is 0 Å². The van der Waals surface area contributed by atoms with Crippen LogP contribution in [-0.4, -0.2) is 48.5 Å². The van der Waals surface area contributed by atoms with Crippen LogP contribution in [0.4, 0.5) is 9.59 Å².